The van der Waals surface area contributed by atoms with E-state index in [-0.39, 0.29) is 5.78 Å². The second kappa shape index (κ2) is 8.52. The number of carbonyl (C=O) groups excluding carboxylic acids is 2. The van der Waals surface area contributed by atoms with Crippen molar-refractivity contribution in [2.45, 2.75) is 52.2 Å². The zero-order valence-corrected chi connectivity index (χ0v) is 16.1. The molecule has 0 aromatic heterocycles. The molecule has 0 saturated heterocycles. The Morgan fingerprint density at radius 2 is 1.88 bits per heavy atom. The molecule has 0 spiro atoms. The Bertz CT molecular complexity index is 648. The van der Waals surface area contributed by atoms with Crippen LogP contribution in [0.2, 0.25) is 0 Å². The highest BCUT2D eigenvalue weighted by Gasteiger charge is 2.29. The van der Waals surface area contributed by atoms with Gasteiger partial charge in [0.05, 0.1) is 0 Å². The highest BCUT2D eigenvalue weighted by molar-refractivity contribution is 8.16. The molecule has 1 aromatic carbocycles. The van der Waals surface area contributed by atoms with Crippen molar-refractivity contribution in [3.8, 4) is 0 Å². The summed E-state index contributed by atoms with van der Waals surface area (Å²) in [7, 11) is 0. The number of aryl methyl sites for hydroxylation is 1. The van der Waals surface area contributed by atoms with Gasteiger partial charge in [0.1, 0.15) is 16.7 Å². The smallest absolute Gasteiger partial charge is 0.408 e. The number of nitrogens with zero attached hydrogens (tertiary/aromatic N) is 1. The van der Waals surface area contributed by atoms with Crippen molar-refractivity contribution < 1.29 is 14.3 Å². The highest BCUT2D eigenvalue weighted by atomic mass is 32.2. The average molecular weight is 362 g/mol. The molecule has 5 nitrogen and oxygen atoms in total. The molecule has 1 amide bonds. The third-order valence-corrected chi connectivity index (χ3v) is 4.67. The van der Waals surface area contributed by atoms with Crippen LogP contribution in [0.1, 0.15) is 38.8 Å². The van der Waals surface area contributed by atoms with Gasteiger partial charge < -0.3 is 10.1 Å². The summed E-state index contributed by atoms with van der Waals surface area (Å²) in [6.07, 6.45) is 0.799. The van der Waals surface area contributed by atoms with Crippen LogP contribution in [0.3, 0.4) is 0 Å². The monoisotopic (exact) mass is 362 g/mol. The first-order chi connectivity index (χ1) is 11.8. The van der Waals surface area contributed by atoms with E-state index < -0.39 is 17.7 Å². The third kappa shape index (κ3) is 6.20. The number of rotatable bonds is 6. The maximum absolute atomic E-state index is 12.8. The van der Waals surface area contributed by atoms with E-state index in [1.807, 2.05) is 24.3 Å². The molecule has 0 bridgehead atoms. The first kappa shape index (κ1) is 19.5. The molecule has 1 aliphatic rings. The van der Waals surface area contributed by atoms with Crippen molar-refractivity contribution >= 4 is 28.7 Å². The lowest BCUT2D eigenvalue weighted by atomic mass is 10.0. The largest absolute Gasteiger partial charge is 0.444 e. The molecule has 25 heavy (non-hydrogen) atoms. The second-order valence-corrected chi connectivity index (χ2v) is 8.06. The minimum absolute atomic E-state index is 0.145. The fourth-order valence-electron chi connectivity index (χ4n) is 2.44. The highest BCUT2D eigenvalue weighted by Crippen LogP contribution is 2.17. The molecule has 0 unspecified atom stereocenters. The van der Waals surface area contributed by atoms with Gasteiger partial charge in [-0.15, -0.1) is 11.8 Å². The summed E-state index contributed by atoms with van der Waals surface area (Å²) in [6.45, 7) is 8.13. The summed E-state index contributed by atoms with van der Waals surface area (Å²) in [5.74, 6) is 0.666. The van der Waals surface area contributed by atoms with Crippen LogP contribution in [-0.4, -0.2) is 40.9 Å². The Morgan fingerprint density at radius 3 is 2.40 bits per heavy atom. The number of Topliss-reactive ketones (excluding diaryl/α,β-unsaturated/α-hetero) is 1. The molecular formula is C19H26N2O3S. The van der Waals surface area contributed by atoms with Crippen LogP contribution < -0.4 is 5.32 Å². The first-order valence-electron chi connectivity index (χ1n) is 8.57. The van der Waals surface area contributed by atoms with Gasteiger partial charge in [-0.3, -0.25) is 9.79 Å². The number of thioether (sulfide) groups is 1. The Morgan fingerprint density at radius 1 is 1.24 bits per heavy atom. The minimum Gasteiger partial charge on any atom is -0.444 e. The van der Waals surface area contributed by atoms with Crippen molar-refractivity contribution in [2.75, 3.05) is 12.3 Å². The van der Waals surface area contributed by atoms with Crippen LogP contribution in [0, 0.1) is 0 Å². The molecular weight excluding hydrogens is 336 g/mol. The van der Waals surface area contributed by atoms with Gasteiger partial charge in [-0.1, -0.05) is 31.2 Å². The van der Waals surface area contributed by atoms with Gasteiger partial charge in [0.2, 0.25) is 5.78 Å². The van der Waals surface area contributed by atoms with Gasteiger partial charge in [0.25, 0.3) is 0 Å². The van der Waals surface area contributed by atoms with Gasteiger partial charge >= 0.3 is 6.09 Å². The fourth-order valence-corrected chi connectivity index (χ4v) is 3.28. The van der Waals surface area contributed by atoms with E-state index in [4.69, 9.17) is 4.74 Å². The van der Waals surface area contributed by atoms with E-state index in [1.165, 1.54) is 17.3 Å². The Kier molecular flexibility index (Phi) is 6.64. The molecule has 1 heterocycles. The predicted octanol–water partition coefficient (Wildman–Crippen LogP) is 3.40. The summed E-state index contributed by atoms with van der Waals surface area (Å²) >= 11 is 1.44. The number of ether oxygens (including phenoxy) is 1. The second-order valence-electron chi connectivity index (χ2n) is 6.97. The van der Waals surface area contributed by atoms with E-state index in [0.29, 0.717) is 18.0 Å². The number of aliphatic imine (C=N–C) groups is 1. The summed E-state index contributed by atoms with van der Waals surface area (Å²) in [5, 5.41) is 3.21. The van der Waals surface area contributed by atoms with Crippen LogP contribution in [0.25, 0.3) is 0 Å². The minimum atomic E-state index is -0.674. The van der Waals surface area contributed by atoms with Crippen LogP contribution in [0.5, 0.6) is 0 Å². The molecule has 136 valence electrons. The zero-order chi connectivity index (χ0) is 18.4. The van der Waals surface area contributed by atoms with E-state index in [2.05, 4.69) is 17.2 Å². The predicted molar refractivity (Wildman–Crippen MR) is 102 cm³/mol. The van der Waals surface area contributed by atoms with Crippen LogP contribution in [-0.2, 0) is 22.4 Å². The standard InChI is InChI=1S/C19H26N2O3S/c1-5-13-6-8-14(9-7-13)12-15(16(22)17-20-10-11-25-17)21-18(23)24-19(2,3)4/h6-9,15H,5,10-12H2,1-4H3,(H,21,23)/t15-/m0/s1. The molecule has 0 aliphatic carbocycles. The Balaban J connectivity index is 2.12. The molecule has 2 rings (SSSR count). The summed E-state index contributed by atoms with van der Waals surface area (Å²) in [5.41, 5.74) is 1.62. The number of hydrogen-bond acceptors (Lipinski definition) is 5. The van der Waals surface area contributed by atoms with Crippen molar-refractivity contribution in [3.05, 3.63) is 35.4 Å². The van der Waals surface area contributed by atoms with E-state index in [0.717, 1.165) is 17.7 Å². The van der Waals surface area contributed by atoms with Gasteiger partial charge in [-0.2, -0.15) is 0 Å². The normalized spacial score (nSPS) is 15.4. The molecule has 0 radical (unpaired) electrons. The van der Waals surface area contributed by atoms with E-state index in [9.17, 15) is 9.59 Å². The molecule has 6 heteroatoms. The third-order valence-electron chi connectivity index (χ3n) is 3.67. The molecule has 1 N–H and O–H groups in total. The number of carbonyl (C=O) groups is 2. The maximum atomic E-state index is 12.8. The summed E-state index contributed by atoms with van der Waals surface area (Å²) < 4.78 is 5.31. The maximum Gasteiger partial charge on any atom is 0.408 e. The lowest BCUT2D eigenvalue weighted by molar-refractivity contribution is -0.114. The molecule has 0 fully saturated rings. The quantitative estimate of drug-likeness (QED) is 0.842. The van der Waals surface area contributed by atoms with Gasteiger partial charge in [0.15, 0.2) is 0 Å². The van der Waals surface area contributed by atoms with E-state index in [1.54, 1.807) is 20.8 Å². The molecule has 0 saturated carbocycles. The Hall–Kier alpha value is -1.82. The van der Waals surface area contributed by atoms with Crippen LogP contribution in [0.15, 0.2) is 29.3 Å². The molecule has 1 aromatic rings. The number of benzene rings is 1. The van der Waals surface area contributed by atoms with E-state index >= 15 is 0 Å². The summed E-state index contributed by atoms with van der Waals surface area (Å²) in [6, 6.07) is 7.42. The first-order valence-corrected chi connectivity index (χ1v) is 9.56. The summed E-state index contributed by atoms with van der Waals surface area (Å²) in [4.78, 5) is 29.1. The topological polar surface area (TPSA) is 67.8 Å². The number of ketones is 1. The van der Waals surface area contributed by atoms with Crippen LogP contribution in [0.4, 0.5) is 4.79 Å². The SMILES string of the molecule is CCc1ccc(C[C@H](NC(=O)OC(C)(C)C)C(=O)C2=NCCS2)cc1. The molecule has 1 atom stereocenters. The number of hydrogen-bond donors (Lipinski definition) is 1. The van der Waals surface area contributed by atoms with Gasteiger partial charge in [-0.05, 0) is 38.3 Å². The fraction of sp³-hybridized carbons (Fsp3) is 0.526. The number of alkyl carbamates (subject to hydrolysis) is 1. The lowest BCUT2D eigenvalue weighted by Crippen LogP contribution is -2.46. The van der Waals surface area contributed by atoms with Crippen LogP contribution >= 0.6 is 11.8 Å². The van der Waals surface area contributed by atoms with Gasteiger partial charge in [0, 0.05) is 18.7 Å². The lowest BCUT2D eigenvalue weighted by Gasteiger charge is -2.23. The molecule has 1 aliphatic heterocycles. The number of nitrogens with one attached hydrogen (secondary N) is 1. The van der Waals surface area contributed by atoms with Crippen molar-refractivity contribution in [3.63, 3.8) is 0 Å². The van der Waals surface area contributed by atoms with Gasteiger partial charge in [-0.25, -0.2) is 4.79 Å². The van der Waals surface area contributed by atoms with Crippen molar-refractivity contribution in [1.29, 1.82) is 0 Å². The number of amides is 1. The van der Waals surface area contributed by atoms with Crippen molar-refractivity contribution in [2.24, 2.45) is 4.99 Å². The zero-order valence-electron chi connectivity index (χ0n) is 15.3. The average Bonchev–Trinajstić information content (AvgIpc) is 3.07. The van der Waals surface area contributed by atoms with Crippen molar-refractivity contribution in [1.82, 2.24) is 5.32 Å². The Labute approximate surface area is 153 Å².